The van der Waals surface area contributed by atoms with Crippen LogP contribution in [-0.4, -0.2) is 22.3 Å². The third-order valence-corrected chi connectivity index (χ3v) is 3.90. The Morgan fingerprint density at radius 1 is 1.12 bits per heavy atom. The number of benzene rings is 2. The van der Waals surface area contributed by atoms with E-state index < -0.39 is 0 Å². The molecule has 0 unspecified atom stereocenters. The molecule has 1 atom stereocenters. The number of aromatic nitrogens is 2. The van der Waals surface area contributed by atoms with Crippen LogP contribution in [0.25, 0.3) is 0 Å². The molecule has 0 radical (unpaired) electrons. The van der Waals surface area contributed by atoms with Gasteiger partial charge in [-0.1, -0.05) is 42.5 Å². The fraction of sp³-hybridized carbons (Fsp3) is 0.200. The third-order valence-electron chi connectivity index (χ3n) is 3.90. The van der Waals surface area contributed by atoms with Crippen LogP contribution in [0.3, 0.4) is 0 Å². The van der Waals surface area contributed by atoms with Crippen LogP contribution >= 0.6 is 0 Å². The highest BCUT2D eigenvalue weighted by Crippen LogP contribution is 2.24. The van der Waals surface area contributed by atoms with Crippen molar-refractivity contribution in [2.24, 2.45) is 7.05 Å². The average molecular weight is 335 g/mol. The number of carbonyl (C=O) groups is 1. The Morgan fingerprint density at radius 2 is 1.80 bits per heavy atom. The monoisotopic (exact) mass is 335 g/mol. The first kappa shape index (κ1) is 16.8. The van der Waals surface area contributed by atoms with Crippen LogP contribution in [0.5, 0.6) is 5.75 Å². The summed E-state index contributed by atoms with van der Waals surface area (Å²) >= 11 is 0. The van der Waals surface area contributed by atoms with E-state index in [1.54, 1.807) is 24.1 Å². The SMILES string of the molecule is CCOc1ccc([C@@H](NC(=O)c2cnn(C)c2)c2ccccc2)cc1. The van der Waals surface area contributed by atoms with E-state index in [1.807, 2.05) is 61.5 Å². The van der Waals surface area contributed by atoms with Crippen molar-refractivity contribution < 1.29 is 9.53 Å². The van der Waals surface area contributed by atoms with Gasteiger partial charge in [0.2, 0.25) is 0 Å². The normalized spacial score (nSPS) is 11.8. The van der Waals surface area contributed by atoms with Crippen molar-refractivity contribution in [2.45, 2.75) is 13.0 Å². The lowest BCUT2D eigenvalue weighted by Gasteiger charge is -2.20. The van der Waals surface area contributed by atoms with E-state index in [4.69, 9.17) is 4.74 Å². The van der Waals surface area contributed by atoms with Gasteiger partial charge < -0.3 is 10.1 Å². The molecule has 5 heteroatoms. The first-order valence-electron chi connectivity index (χ1n) is 8.24. The molecule has 0 spiro atoms. The second-order valence-corrected chi connectivity index (χ2v) is 5.72. The molecule has 1 aromatic heterocycles. The minimum Gasteiger partial charge on any atom is -0.494 e. The molecule has 2 aromatic carbocycles. The highest BCUT2D eigenvalue weighted by Gasteiger charge is 2.18. The summed E-state index contributed by atoms with van der Waals surface area (Å²) in [6, 6.07) is 17.5. The van der Waals surface area contributed by atoms with Gasteiger partial charge in [-0.15, -0.1) is 0 Å². The molecule has 1 N–H and O–H groups in total. The van der Waals surface area contributed by atoms with E-state index in [-0.39, 0.29) is 11.9 Å². The molecule has 1 heterocycles. The van der Waals surface area contributed by atoms with Gasteiger partial charge in [0.15, 0.2) is 0 Å². The minimum absolute atomic E-state index is 0.157. The Hall–Kier alpha value is -3.08. The molecule has 0 aliphatic heterocycles. The predicted molar refractivity (Wildman–Crippen MR) is 96.6 cm³/mol. The number of hydrogen-bond acceptors (Lipinski definition) is 3. The molecule has 5 nitrogen and oxygen atoms in total. The number of rotatable bonds is 6. The molecule has 0 fully saturated rings. The van der Waals surface area contributed by atoms with Gasteiger partial charge in [0.1, 0.15) is 5.75 Å². The van der Waals surface area contributed by atoms with Crippen LogP contribution in [0.1, 0.15) is 34.5 Å². The number of amides is 1. The second kappa shape index (κ2) is 7.66. The van der Waals surface area contributed by atoms with Crippen molar-refractivity contribution in [2.75, 3.05) is 6.61 Å². The summed E-state index contributed by atoms with van der Waals surface area (Å²) in [5.41, 5.74) is 2.55. The van der Waals surface area contributed by atoms with Crippen LogP contribution < -0.4 is 10.1 Å². The fourth-order valence-corrected chi connectivity index (χ4v) is 2.68. The molecule has 128 valence electrons. The molecule has 25 heavy (non-hydrogen) atoms. The summed E-state index contributed by atoms with van der Waals surface area (Å²) in [6.07, 6.45) is 3.27. The fourth-order valence-electron chi connectivity index (χ4n) is 2.68. The first-order valence-corrected chi connectivity index (χ1v) is 8.24. The van der Waals surface area contributed by atoms with E-state index in [0.717, 1.165) is 16.9 Å². The zero-order valence-electron chi connectivity index (χ0n) is 14.3. The van der Waals surface area contributed by atoms with Gasteiger partial charge in [-0.2, -0.15) is 5.10 Å². The maximum absolute atomic E-state index is 12.6. The maximum Gasteiger partial charge on any atom is 0.255 e. The van der Waals surface area contributed by atoms with Gasteiger partial charge in [-0.3, -0.25) is 9.48 Å². The van der Waals surface area contributed by atoms with E-state index in [2.05, 4.69) is 10.4 Å². The molecule has 0 saturated carbocycles. The summed E-state index contributed by atoms with van der Waals surface area (Å²) in [7, 11) is 1.79. The lowest BCUT2D eigenvalue weighted by molar-refractivity contribution is 0.0943. The van der Waals surface area contributed by atoms with Crippen molar-refractivity contribution in [1.29, 1.82) is 0 Å². The van der Waals surface area contributed by atoms with Crippen molar-refractivity contribution in [3.8, 4) is 5.75 Å². The van der Waals surface area contributed by atoms with E-state index in [1.165, 1.54) is 0 Å². The molecule has 0 aliphatic rings. The molecule has 0 bridgehead atoms. The number of ether oxygens (including phenoxy) is 1. The minimum atomic E-state index is -0.246. The smallest absolute Gasteiger partial charge is 0.255 e. The number of aryl methyl sites for hydroxylation is 1. The van der Waals surface area contributed by atoms with Crippen LogP contribution in [0.2, 0.25) is 0 Å². The highest BCUT2D eigenvalue weighted by atomic mass is 16.5. The molecule has 0 saturated heterocycles. The topological polar surface area (TPSA) is 56.1 Å². The summed E-state index contributed by atoms with van der Waals surface area (Å²) in [4.78, 5) is 12.6. The van der Waals surface area contributed by atoms with Gasteiger partial charge in [0.05, 0.1) is 24.4 Å². The van der Waals surface area contributed by atoms with Gasteiger partial charge in [-0.05, 0) is 30.2 Å². The quantitative estimate of drug-likeness (QED) is 0.752. The van der Waals surface area contributed by atoms with Gasteiger partial charge in [-0.25, -0.2) is 0 Å². The third kappa shape index (κ3) is 4.07. The highest BCUT2D eigenvalue weighted by molar-refractivity contribution is 5.94. The molecule has 3 rings (SSSR count). The van der Waals surface area contributed by atoms with Crippen LogP contribution in [0.15, 0.2) is 67.0 Å². The van der Waals surface area contributed by atoms with Crippen LogP contribution in [0.4, 0.5) is 0 Å². The molecular weight excluding hydrogens is 314 g/mol. The zero-order chi connectivity index (χ0) is 17.6. The maximum atomic E-state index is 12.6. The Morgan fingerprint density at radius 3 is 2.40 bits per heavy atom. The van der Waals surface area contributed by atoms with E-state index >= 15 is 0 Å². The first-order chi connectivity index (χ1) is 12.2. The molecule has 3 aromatic rings. The number of nitrogens with one attached hydrogen (secondary N) is 1. The standard InChI is InChI=1S/C20H21N3O2/c1-3-25-18-11-9-16(10-12-18)19(15-7-5-4-6-8-15)22-20(24)17-13-21-23(2)14-17/h4-14,19H,3H2,1-2H3,(H,22,24)/t19-/m0/s1. The van der Waals surface area contributed by atoms with Crippen molar-refractivity contribution >= 4 is 5.91 Å². The summed E-state index contributed by atoms with van der Waals surface area (Å²) < 4.78 is 7.12. The van der Waals surface area contributed by atoms with Crippen molar-refractivity contribution in [3.05, 3.63) is 83.7 Å². The largest absolute Gasteiger partial charge is 0.494 e. The van der Waals surface area contributed by atoms with Crippen molar-refractivity contribution in [3.63, 3.8) is 0 Å². The predicted octanol–water partition coefficient (Wildman–Crippen LogP) is 3.34. The van der Waals surface area contributed by atoms with Gasteiger partial charge >= 0.3 is 0 Å². The van der Waals surface area contributed by atoms with Crippen LogP contribution in [-0.2, 0) is 7.05 Å². The molecular formula is C20H21N3O2. The Balaban J connectivity index is 1.88. The number of carbonyl (C=O) groups excluding carboxylic acids is 1. The van der Waals surface area contributed by atoms with Crippen LogP contribution in [0, 0.1) is 0 Å². The average Bonchev–Trinajstić information content (AvgIpc) is 3.08. The van der Waals surface area contributed by atoms with Gasteiger partial charge in [0, 0.05) is 13.2 Å². The molecule has 0 aliphatic carbocycles. The lowest BCUT2D eigenvalue weighted by atomic mass is 9.98. The van der Waals surface area contributed by atoms with E-state index in [0.29, 0.717) is 12.2 Å². The summed E-state index contributed by atoms with van der Waals surface area (Å²) in [5, 5.41) is 7.16. The summed E-state index contributed by atoms with van der Waals surface area (Å²) in [6.45, 7) is 2.58. The number of hydrogen-bond donors (Lipinski definition) is 1. The Bertz CT molecular complexity index is 826. The Kier molecular flexibility index (Phi) is 5.14. The Labute approximate surface area is 147 Å². The number of nitrogens with zero attached hydrogens (tertiary/aromatic N) is 2. The zero-order valence-corrected chi connectivity index (χ0v) is 14.3. The van der Waals surface area contributed by atoms with E-state index in [9.17, 15) is 4.79 Å². The second-order valence-electron chi connectivity index (χ2n) is 5.72. The molecule has 1 amide bonds. The lowest BCUT2D eigenvalue weighted by Crippen LogP contribution is -2.29. The van der Waals surface area contributed by atoms with Crippen molar-refractivity contribution in [1.82, 2.24) is 15.1 Å². The summed E-state index contributed by atoms with van der Waals surface area (Å²) in [5.74, 6) is 0.660. The van der Waals surface area contributed by atoms with Gasteiger partial charge in [0.25, 0.3) is 5.91 Å².